The van der Waals surface area contributed by atoms with Crippen LogP contribution in [0.2, 0.25) is 0 Å². The van der Waals surface area contributed by atoms with Crippen LogP contribution in [0.1, 0.15) is 0 Å². The molecule has 0 unspecified atom stereocenters. The second-order valence-electron chi connectivity index (χ2n) is 0. The zero-order chi connectivity index (χ0) is 0. The Balaban J connectivity index is 0. The normalized spacial score (nSPS) is 0. The summed E-state index contributed by atoms with van der Waals surface area (Å²) in [7, 11) is 0. The van der Waals surface area contributed by atoms with Crippen LogP contribution in [0, 0.1) is 0 Å². The summed E-state index contributed by atoms with van der Waals surface area (Å²) < 4.78 is 0. The molecule has 0 aromatic carbocycles. The summed E-state index contributed by atoms with van der Waals surface area (Å²) in [5.41, 5.74) is 0. The molecule has 6 heavy (non-hydrogen) atoms. The first-order valence-electron chi connectivity index (χ1n) is 0. The average molecular weight is 134 g/mol. The Labute approximate surface area is 38.6 Å². The zero-order valence-electron chi connectivity index (χ0n) is 2.75. The predicted molar refractivity (Wildman–Crippen MR) is 22.3 cm³/mol. The molecule has 0 spiro atoms. The number of rotatable bonds is 0. The van der Waals surface area contributed by atoms with Crippen LogP contribution in [0.4, 0.5) is 18.8 Å². The lowest BCUT2D eigenvalue weighted by molar-refractivity contribution is 1.11. The van der Waals surface area contributed by atoms with Crippen molar-refractivity contribution in [3.8, 4) is 0 Å². The molecule has 1 nitrogen and oxygen atoms in total. The summed E-state index contributed by atoms with van der Waals surface area (Å²) in [5.74, 6) is 0. The van der Waals surface area contributed by atoms with Crippen LogP contribution in [0.5, 0.6) is 0 Å². The molecule has 6 heteroatoms. The van der Waals surface area contributed by atoms with Gasteiger partial charge in [0.2, 0.25) is 0 Å². The Morgan fingerprint density at radius 2 is 0.500 bits per heavy atom. The second kappa shape index (κ2) is 87000. The molecule has 0 fully saturated rings. The maximum atomic E-state index is 0. The number of hydrogen-bond acceptors (Lipinski definition) is 1. The van der Waals surface area contributed by atoms with Crippen LogP contribution in [-0.4, -0.2) is 0 Å². The molecule has 0 saturated heterocycles. The van der Waals surface area contributed by atoms with Crippen LogP contribution >= 0.6 is 12.4 Å². The van der Waals surface area contributed by atoms with Crippen molar-refractivity contribution in [2.45, 2.75) is 0 Å². The Kier molecular flexibility index (Phi) is 2380000000. The summed E-state index contributed by atoms with van der Waals surface area (Å²) >= 11 is 0. The number of hydrogen-bond donors (Lipinski definition) is 1. The highest BCUT2D eigenvalue weighted by Crippen LogP contribution is 0.690. The topological polar surface area (TPSA) is 35.0 Å². The lowest BCUT2D eigenvalue weighted by atomic mass is 14.0. The molecular weight excluding hydrogens is 125 g/mol. The molecule has 0 aliphatic rings. The molecule has 0 saturated carbocycles. The van der Waals surface area contributed by atoms with Crippen molar-refractivity contribution in [1.29, 1.82) is 0 Å². The molecule has 0 radical (unpaired) electrons. The van der Waals surface area contributed by atoms with Crippen molar-refractivity contribution in [3.05, 3.63) is 0 Å². The Hall–Kier alpha value is -0.0300. The van der Waals surface area contributed by atoms with Gasteiger partial charge < -0.3 is 6.15 Å². The zero-order valence-corrected chi connectivity index (χ0v) is 3.56. The van der Waals surface area contributed by atoms with E-state index in [0.29, 0.717) is 0 Å². The van der Waals surface area contributed by atoms with E-state index in [1.807, 2.05) is 0 Å². The van der Waals surface area contributed by atoms with E-state index >= 15 is 0 Å². The van der Waals surface area contributed by atoms with Crippen LogP contribution in [0.15, 0.2) is 0 Å². The molecule has 0 bridgehead atoms. The fourth-order valence-electron chi connectivity index (χ4n) is 0. The fourth-order valence-corrected chi connectivity index (χ4v) is 0. The quantitative estimate of drug-likeness (QED) is 0.495. The smallest absolute Gasteiger partial charge is 0.147 e. The summed E-state index contributed by atoms with van der Waals surface area (Å²) in [6.45, 7) is 0. The minimum atomic E-state index is 0. The standard InChI is InChI=1S/ClH.4FH.H3N/h5*1H;1H3. The van der Waals surface area contributed by atoms with Gasteiger partial charge >= 0.3 is 0 Å². The van der Waals surface area contributed by atoms with E-state index in [0.717, 1.165) is 0 Å². The highest BCUT2D eigenvalue weighted by molar-refractivity contribution is 5.85. The molecule has 48 valence electrons. The van der Waals surface area contributed by atoms with Gasteiger partial charge in [-0.25, -0.2) is 0 Å². The van der Waals surface area contributed by atoms with Crippen molar-refractivity contribution in [2.75, 3.05) is 0 Å². The monoisotopic (exact) mass is 133 g/mol. The molecule has 0 aromatic rings. The molecule has 0 rings (SSSR count). The van der Waals surface area contributed by atoms with Crippen molar-refractivity contribution < 1.29 is 18.8 Å². The van der Waals surface area contributed by atoms with E-state index in [2.05, 4.69) is 0 Å². The highest BCUT2D eigenvalue weighted by atomic mass is 35.5. The largest absolute Gasteiger partial charge is 0.344 e. The lowest BCUT2D eigenvalue weighted by Gasteiger charge is -0.344. The van der Waals surface area contributed by atoms with Gasteiger partial charge in [0.15, 0.2) is 0 Å². The SMILES string of the molecule is Cl.F.F.F.F.N. The minimum absolute atomic E-state index is 0. The fraction of sp³-hybridized carbons (Fsp3) is 0. The summed E-state index contributed by atoms with van der Waals surface area (Å²) in [6.07, 6.45) is 0. The second-order valence-corrected chi connectivity index (χ2v) is 0. The lowest BCUT2D eigenvalue weighted by Crippen LogP contribution is -0.481. The Bertz CT molecular complexity index is 7.51. The molecule has 0 amide bonds. The van der Waals surface area contributed by atoms with Crippen LogP contribution in [0.3, 0.4) is 0 Å². The highest BCUT2D eigenvalue weighted by Gasteiger charge is -0.147. The van der Waals surface area contributed by atoms with Gasteiger partial charge in [-0.15, -0.1) is 12.4 Å². The number of halogens is 5. The predicted octanol–water partition coefficient (Wildman–Crippen LogP) is 1.19. The molecule has 0 heterocycles. The molecular formula is H8ClF4N. The van der Waals surface area contributed by atoms with Gasteiger partial charge in [0.25, 0.3) is 0 Å². The minimum Gasteiger partial charge on any atom is -0.344 e. The van der Waals surface area contributed by atoms with Gasteiger partial charge in [-0.05, 0) is 0 Å². The van der Waals surface area contributed by atoms with E-state index in [9.17, 15) is 0 Å². The Morgan fingerprint density at radius 3 is 0.500 bits per heavy atom. The van der Waals surface area contributed by atoms with Gasteiger partial charge in [-0.3, -0.25) is 18.8 Å². The maximum Gasteiger partial charge on any atom is -0.147 e. The summed E-state index contributed by atoms with van der Waals surface area (Å²) in [6, 6.07) is 0. The van der Waals surface area contributed by atoms with Gasteiger partial charge in [0.05, 0.1) is 0 Å². The molecule has 0 atom stereocenters. The third-order valence-electron chi connectivity index (χ3n) is 0. The van der Waals surface area contributed by atoms with Crippen molar-refractivity contribution in [1.82, 2.24) is 6.15 Å². The third kappa shape index (κ3) is 38900. The van der Waals surface area contributed by atoms with E-state index in [1.54, 1.807) is 0 Å². The first-order valence-corrected chi connectivity index (χ1v) is 0. The van der Waals surface area contributed by atoms with E-state index < -0.39 is 0 Å². The molecule has 0 aliphatic heterocycles. The van der Waals surface area contributed by atoms with Gasteiger partial charge in [-0.1, -0.05) is 0 Å². The molecule has 0 aromatic heterocycles. The van der Waals surface area contributed by atoms with Gasteiger partial charge in [0.1, 0.15) is 0 Å². The van der Waals surface area contributed by atoms with E-state index in [1.165, 1.54) is 0 Å². The van der Waals surface area contributed by atoms with Gasteiger partial charge in [0, 0.05) is 0 Å². The van der Waals surface area contributed by atoms with Crippen molar-refractivity contribution in [3.63, 3.8) is 0 Å². The van der Waals surface area contributed by atoms with Crippen LogP contribution in [-0.2, 0) is 0 Å². The average Bonchev–Trinajstić information content (AvgIpc) is 0. The van der Waals surface area contributed by atoms with Crippen molar-refractivity contribution in [2.24, 2.45) is 0 Å². The van der Waals surface area contributed by atoms with E-state index in [4.69, 9.17) is 0 Å². The molecule has 3 N–H and O–H groups in total. The van der Waals surface area contributed by atoms with Crippen molar-refractivity contribution >= 4 is 12.4 Å². The first kappa shape index (κ1) is 164000. The Morgan fingerprint density at radius 1 is 0.500 bits per heavy atom. The van der Waals surface area contributed by atoms with E-state index in [-0.39, 0.29) is 37.4 Å². The summed E-state index contributed by atoms with van der Waals surface area (Å²) in [5, 5.41) is 0. The van der Waals surface area contributed by atoms with Crippen LogP contribution in [0.25, 0.3) is 0 Å². The molecule has 0 aliphatic carbocycles. The summed E-state index contributed by atoms with van der Waals surface area (Å²) in [4.78, 5) is 0. The van der Waals surface area contributed by atoms with Gasteiger partial charge in [-0.2, -0.15) is 0 Å². The first-order chi connectivity index (χ1) is 0. The van der Waals surface area contributed by atoms with Crippen LogP contribution < -0.4 is 6.15 Å². The third-order valence-corrected chi connectivity index (χ3v) is 0. The maximum absolute atomic E-state index is 0.